The van der Waals surface area contributed by atoms with Gasteiger partial charge in [-0.05, 0) is 29.8 Å². The number of methoxy groups -OCH3 is 1. The minimum atomic E-state index is -0.638. The lowest BCUT2D eigenvalue weighted by atomic mass is 10.0. The second-order valence-corrected chi connectivity index (χ2v) is 8.13. The molecule has 0 amide bonds. The Labute approximate surface area is 183 Å². The van der Waals surface area contributed by atoms with E-state index in [1.165, 1.54) is 23.9 Å². The standard InChI is InChI=1S/C24H21F2N3OS/c1-30-15-7-8-17-21(9-15)29-22(24(28)23(17)27)12-18-19(25)10-16(11-20(18)26)31-13-14-5-3-2-4-6-14/h2-11H,12-13,28H2,1H3,(H2,27,29). The second-order valence-electron chi connectivity index (χ2n) is 7.09. The number of pyridine rings is 1. The van der Waals surface area contributed by atoms with Gasteiger partial charge in [0.25, 0.3) is 0 Å². The van der Waals surface area contributed by atoms with E-state index in [-0.39, 0.29) is 17.7 Å². The maximum absolute atomic E-state index is 14.8. The van der Waals surface area contributed by atoms with Crippen LogP contribution in [-0.2, 0) is 12.2 Å². The van der Waals surface area contributed by atoms with E-state index in [1.54, 1.807) is 25.3 Å². The smallest absolute Gasteiger partial charge is 0.130 e. The van der Waals surface area contributed by atoms with Crippen LogP contribution in [0, 0.1) is 11.6 Å². The Balaban J connectivity index is 1.63. The van der Waals surface area contributed by atoms with Crippen molar-refractivity contribution < 1.29 is 13.5 Å². The summed E-state index contributed by atoms with van der Waals surface area (Å²) >= 11 is 1.37. The number of hydrogen-bond donors (Lipinski definition) is 2. The zero-order valence-electron chi connectivity index (χ0n) is 16.9. The molecule has 0 saturated heterocycles. The number of anilines is 2. The number of ether oxygens (including phenoxy) is 1. The Morgan fingerprint density at radius 3 is 2.32 bits per heavy atom. The number of aromatic nitrogens is 1. The fourth-order valence-corrected chi connectivity index (χ4v) is 4.24. The van der Waals surface area contributed by atoms with Crippen LogP contribution in [0.15, 0.2) is 65.6 Å². The molecule has 0 bridgehead atoms. The summed E-state index contributed by atoms with van der Waals surface area (Å²) < 4.78 is 34.9. The Hall–Kier alpha value is -3.32. The minimum Gasteiger partial charge on any atom is -0.497 e. The van der Waals surface area contributed by atoms with Crippen LogP contribution in [0.5, 0.6) is 5.75 Å². The fraction of sp³-hybridized carbons (Fsp3) is 0.125. The van der Waals surface area contributed by atoms with Gasteiger partial charge in [-0.3, -0.25) is 4.98 Å². The second kappa shape index (κ2) is 8.81. The van der Waals surface area contributed by atoms with Crippen LogP contribution < -0.4 is 16.2 Å². The van der Waals surface area contributed by atoms with Gasteiger partial charge in [-0.15, -0.1) is 11.8 Å². The van der Waals surface area contributed by atoms with Crippen molar-refractivity contribution in [3.8, 4) is 5.75 Å². The van der Waals surface area contributed by atoms with Crippen molar-refractivity contribution in [1.29, 1.82) is 0 Å². The molecule has 7 heteroatoms. The van der Waals surface area contributed by atoms with Crippen LogP contribution in [0.4, 0.5) is 20.2 Å². The van der Waals surface area contributed by atoms with Gasteiger partial charge in [-0.1, -0.05) is 30.3 Å². The lowest BCUT2D eigenvalue weighted by Gasteiger charge is -2.13. The summed E-state index contributed by atoms with van der Waals surface area (Å²) in [6.45, 7) is 0. The number of nitrogens with zero attached hydrogens (tertiary/aromatic N) is 1. The summed E-state index contributed by atoms with van der Waals surface area (Å²) in [7, 11) is 1.55. The average Bonchev–Trinajstić information content (AvgIpc) is 2.78. The third-order valence-corrected chi connectivity index (χ3v) is 6.11. The van der Waals surface area contributed by atoms with Crippen LogP contribution in [0.2, 0.25) is 0 Å². The predicted molar refractivity (Wildman–Crippen MR) is 122 cm³/mol. The number of nitrogens with two attached hydrogens (primary N) is 2. The van der Waals surface area contributed by atoms with E-state index in [4.69, 9.17) is 16.2 Å². The maximum Gasteiger partial charge on any atom is 0.130 e. The molecule has 4 aromatic rings. The number of nitrogen functional groups attached to an aromatic ring is 2. The van der Waals surface area contributed by atoms with E-state index in [0.29, 0.717) is 38.7 Å². The molecule has 1 heterocycles. The van der Waals surface area contributed by atoms with E-state index in [9.17, 15) is 8.78 Å². The van der Waals surface area contributed by atoms with Crippen LogP contribution in [0.3, 0.4) is 0 Å². The third kappa shape index (κ3) is 4.41. The summed E-state index contributed by atoms with van der Waals surface area (Å²) in [6, 6.07) is 17.7. The first-order valence-corrected chi connectivity index (χ1v) is 10.6. The minimum absolute atomic E-state index is 0.0927. The maximum atomic E-state index is 14.8. The number of benzene rings is 3. The summed E-state index contributed by atoms with van der Waals surface area (Å²) in [5, 5.41) is 0.663. The molecule has 0 aliphatic carbocycles. The molecular weight excluding hydrogens is 416 g/mol. The highest BCUT2D eigenvalue weighted by Gasteiger charge is 2.17. The third-order valence-electron chi connectivity index (χ3n) is 5.06. The van der Waals surface area contributed by atoms with Gasteiger partial charge in [0.05, 0.1) is 29.7 Å². The first kappa shape index (κ1) is 20.9. The molecule has 4 N–H and O–H groups in total. The molecule has 31 heavy (non-hydrogen) atoms. The lowest BCUT2D eigenvalue weighted by molar-refractivity contribution is 0.415. The molecular formula is C24H21F2N3OS. The van der Waals surface area contributed by atoms with E-state index in [2.05, 4.69) is 4.98 Å². The van der Waals surface area contributed by atoms with E-state index >= 15 is 0 Å². The first-order chi connectivity index (χ1) is 15.0. The summed E-state index contributed by atoms with van der Waals surface area (Å²) in [6.07, 6.45) is -0.107. The number of halogens is 2. The molecule has 4 nitrogen and oxygen atoms in total. The molecule has 0 radical (unpaired) electrons. The van der Waals surface area contributed by atoms with Gasteiger partial charge in [0.1, 0.15) is 17.4 Å². The Morgan fingerprint density at radius 1 is 0.935 bits per heavy atom. The normalized spacial score (nSPS) is 11.1. The van der Waals surface area contributed by atoms with Crippen LogP contribution >= 0.6 is 11.8 Å². The zero-order valence-corrected chi connectivity index (χ0v) is 17.7. The van der Waals surface area contributed by atoms with Gasteiger partial charge in [0.15, 0.2) is 0 Å². The molecule has 0 fully saturated rings. The SMILES string of the molecule is COc1ccc2c(N)c(N)c(Cc3c(F)cc(SCc4ccccc4)cc3F)nc2c1. The van der Waals surface area contributed by atoms with Crippen LogP contribution in [-0.4, -0.2) is 12.1 Å². The van der Waals surface area contributed by atoms with Gasteiger partial charge in [-0.25, -0.2) is 8.78 Å². The average molecular weight is 438 g/mol. The van der Waals surface area contributed by atoms with Crippen molar-refractivity contribution in [3.05, 3.63) is 89.1 Å². The molecule has 0 unspecified atom stereocenters. The summed E-state index contributed by atoms with van der Waals surface area (Å²) in [4.78, 5) is 5.02. The number of thioether (sulfide) groups is 1. The molecule has 158 valence electrons. The van der Waals surface area contributed by atoms with Gasteiger partial charge in [0, 0.05) is 34.1 Å². The Morgan fingerprint density at radius 2 is 1.65 bits per heavy atom. The molecule has 1 aromatic heterocycles. The molecule has 0 saturated carbocycles. The molecule has 0 atom stereocenters. The number of hydrogen-bond acceptors (Lipinski definition) is 5. The van der Waals surface area contributed by atoms with Gasteiger partial charge in [0.2, 0.25) is 0 Å². The monoisotopic (exact) mass is 437 g/mol. The van der Waals surface area contributed by atoms with E-state index in [1.807, 2.05) is 30.3 Å². The van der Waals surface area contributed by atoms with Crippen molar-refractivity contribution in [2.24, 2.45) is 0 Å². The van der Waals surface area contributed by atoms with Crippen molar-refractivity contribution in [1.82, 2.24) is 4.98 Å². The molecule has 0 aliphatic heterocycles. The molecule has 0 spiro atoms. The summed E-state index contributed by atoms with van der Waals surface area (Å²) in [5.74, 6) is -0.0502. The molecule has 3 aromatic carbocycles. The van der Waals surface area contributed by atoms with Gasteiger partial charge < -0.3 is 16.2 Å². The van der Waals surface area contributed by atoms with Gasteiger partial charge >= 0.3 is 0 Å². The van der Waals surface area contributed by atoms with Crippen molar-refractivity contribution in [2.75, 3.05) is 18.6 Å². The highest BCUT2D eigenvalue weighted by atomic mass is 32.2. The van der Waals surface area contributed by atoms with Crippen molar-refractivity contribution in [2.45, 2.75) is 17.1 Å². The van der Waals surface area contributed by atoms with E-state index < -0.39 is 11.6 Å². The number of rotatable bonds is 6. The first-order valence-electron chi connectivity index (χ1n) is 9.62. The van der Waals surface area contributed by atoms with Crippen molar-refractivity contribution >= 4 is 34.0 Å². The topological polar surface area (TPSA) is 74.2 Å². The molecule has 0 aliphatic rings. The zero-order chi connectivity index (χ0) is 22.0. The summed E-state index contributed by atoms with van der Waals surface area (Å²) in [5.41, 5.74) is 14.7. The van der Waals surface area contributed by atoms with Crippen LogP contribution in [0.1, 0.15) is 16.8 Å². The Kier molecular flexibility index (Phi) is 5.95. The van der Waals surface area contributed by atoms with Gasteiger partial charge in [-0.2, -0.15) is 0 Å². The van der Waals surface area contributed by atoms with Crippen LogP contribution in [0.25, 0.3) is 10.9 Å². The quantitative estimate of drug-likeness (QED) is 0.386. The fourth-order valence-electron chi connectivity index (χ4n) is 3.34. The Bertz CT molecular complexity index is 1230. The highest BCUT2D eigenvalue weighted by molar-refractivity contribution is 7.98. The van der Waals surface area contributed by atoms with Crippen molar-refractivity contribution in [3.63, 3.8) is 0 Å². The highest BCUT2D eigenvalue weighted by Crippen LogP contribution is 2.33. The molecule has 4 rings (SSSR count). The largest absolute Gasteiger partial charge is 0.497 e. The lowest BCUT2D eigenvalue weighted by Crippen LogP contribution is -2.07. The predicted octanol–water partition coefficient (Wildman–Crippen LogP) is 5.57. The number of fused-ring (bicyclic) bond motifs is 1. The van der Waals surface area contributed by atoms with E-state index in [0.717, 1.165) is 5.56 Å².